The Kier molecular flexibility index (Phi) is 42.0. The average molecular weight is 1720 g/mol. The zero-order valence-electron chi connectivity index (χ0n) is 72.5. The average Bonchev–Trinajstić information content (AvgIpc) is 1.80. The van der Waals surface area contributed by atoms with Crippen LogP contribution >= 0.6 is 0 Å². The van der Waals surface area contributed by atoms with Gasteiger partial charge in [-0.2, -0.15) is 0 Å². The highest BCUT2D eigenvalue weighted by molar-refractivity contribution is 6.01. The molecular formula is C86H130N18O19. The van der Waals surface area contributed by atoms with Crippen molar-refractivity contribution in [3.63, 3.8) is 0 Å². The number of likely N-dealkylation sites (tertiary alicyclic amines) is 1. The Bertz CT molecular complexity index is 4240. The van der Waals surface area contributed by atoms with Crippen LogP contribution in [0.25, 0.3) is 10.9 Å². The summed E-state index contributed by atoms with van der Waals surface area (Å²) < 4.78 is 0. The molecule has 1 saturated heterocycles. The highest BCUT2D eigenvalue weighted by Gasteiger charge is 2.43. The number of carbonyl (C=O) groups excluding carboxylic acids is 14. The Balaban J connectivity index is 1.34. The number of aromatic nitrogens is 1. The van der Waals surface area contributed by atoms with Gasteiger partial charge in [0, 0.05) is 36.5 Å². The SMILES string of the molecule is CCC(C)[C@H](NC(=O)[C@@H](NC(=O)[C@H](CCCCN)NC(=O)[C@H](C)NC(=O)[C@@H]1CCCN1C(=O)[C@H](CC(=O)O)NC(=O)[C@H](Cc1c[nH]c2ccccc12)NC(=O)[C@H](Cc1ccccc1)NC(=O)[C@@H](NC(=O)CNC(=O)[C@H](CCCCN)NC(=O)[C@@H](NC(=O)[C@@H](NC(=O)[C@@H](N)Cc1ccc(O)cc1)C(C)CC)C(C)CC)C(C)C)C(C)C)C(=O)N[C@@H](C)C(=O)O. The van der Waals surface area contributed by atoms with E-state index in [1.165, 1.54) is 26.0 Å². The molecule has 4 aromatic rings. The normalized spacial score (nSPS) is 16.5. The number of benzene rings is 3. The number of aliphatic carboxylic acids is 2. The zero-order chi connectivity index (χ0) is 91.5. The molecule has 3 unspecified atom stereocenters. The minimum atomic E-state index is -1.88. The van der Waals surface area contributed by atoms with Gasteiger partial charge in [0.2, 0.25) is 82.7 Å². The Morgan fingerprint density at radius 2 is 0.902 bits per heavy atom. The smallest absolute Gasteiger partial charge is 0.325 e. The molecule has 1 fully saturated rings. The molecule has 5 rings (SSSR count). The number of aromatic hydroxyl groups is 1. The molecule has 37 heteroatoms. The van der Waals surface area contributed by atoms with Crippen molar-refractivity contribution < 1.29 is 92.0 Å². The van der Waals surface area contributed by atoms with Gasteiger partial charge < -0.3 is 112 Å². The molecule has 17 atom stereocenters. The lowest BCUT2D eigenvalue weighted by Gasteiger charge is -2.31. The molecule has 678 valence electrons. The van der Waals surface area contributed by atoms with Crippen molar-refractivity contribution in [3.8, 4) is 5.75 Å². The van der Waals surface area contributed by atoms with Gasteiger partial charge in [0.25, 0.3) is 0 Å². The van der Waals surface area contributed by atoms with Crippen molar-refractivity contribution in [2.45, 2.75) is 264 Å². The van der Waals surface area contributed by atoms with Crippen LogP contribution in [0.2, 0.25) is 0 Å². The van der Waals surface area contributed by atoms with Gasteiger partial charge in [0.05, 0.1) is 19.0 Å². The van der Waals surface area contributed by atoms with Gasteiger partial charge in [0.1, 0.15) is 84.3 Å². The quantitative estimate of drug-likeness (QED) is 0.0267. The van der Waals surface area contributed by atoms with Crippen LogP contribution in [-0.4, -0.2) is 231 Å². The molecule has 3 aromatic carbocycles. The van der Waals surface area contributed by atoms with Gasteiger partial charge in [-0.3, -0.25) is 76.7 Å². The second-order valence-corrected chi connectivity index (χ2v) is 32.5. The number of fused-ring (bicyclic) bond motifs is 1. The van der Waals surface area contributed by atoms with Crippen LogP contribution in [-0.2, 0) is 96.0 Å². The van der Waals surface area contributed by atoms with E-state index >= 15 is 9.59 Å². The fourth-order valence-corrected chi connectivity index (χ4v) is 14.0. The number of phenolic OH excluding ortho intramolecular Hbond substituents is 1. The lowest BCUT2D eigenvalue weighted by atomic mass is 9.94. The summed E-state index contributed by atoms with van der Waals surface area (Å²) in [6.07, 6.45) is 3.26. The summed E-state index contributed by atoms with van der Waals surface area (Å²) in [5, 5.41) is 64.6. The second kappa shape index (κ2) is 50.7. The summed E-state index contributed by atoms with van der Waals surface area (Å²) in [6, 6.07) is 2.73. The van der Waals surface area contributed by atoms with E-state index in [1.807, 2.05) is 6.92 Å². The van der Waals surface area contributed by atoms with Gasteiger partial charge in [0.15, 0.2) is 0 Å². The van der Waals surface area contributed by atoms with Gasteiger partial charge in [-0.1, -0.05) is 149 Å². The van der Waals surface area contributed by atoms with E-state index < -0.39 is 222 Å². The maximum Gasteiger partial charge on any atom is 0.325 e. The van der Waals surface area contributed by atoms with E-state index in [2.05, 4.69) is 74.1 Å². The second-order valence-electron chi connectivity index (χ2n) is 32.5. The fourth-order valence-electron chi connectivity index (χ4n) is 14.0. The van der Waals surface area contributed by atoms with E-state index in [1.54, 1.807) is 135 Å². The topological polar surface area (TPSA) is 587 Å². The van der Waals surface area contributed by atoms with Crippen LogP contribution in [0.4, 0.5) is 0 Å². The number of hydrogen-bond donors (Lipinski definition) is 20. The molecule has 0 radical (unpaired) electrons. The Morgan fingerprint density at radius 3 is 1.45 bits per heavy atom. The number of aromatic amines is 1. The van der Waals surface area contributed by atoms with Crippen molar-refractivity contribution in [2.75, 3.05) is 26.2 Å². The number of rotatable bonds is 52. The molecule has 37 nitrogen and oxygen atoms in total. The number of para-hydroxylation sites is 1. The fraction of sp³-hybridized carbons (Fsp3) is 0.581. The number of phenols is 1. The Hall–Kier alpha value is -11.6. The number of nitrogens with zero attached hydrogens (tertiary/aromatic N) is 1. The first-order valence-corrected chi connectivity index (χ1v) is 42.5. The van der Waals surface area contributed by atoms with Crippen LogP contribution < -0.4 is 86.3 Å². The van der Waals surface area contributed by atoms with Crippen LogP contribution in [0.15, 0.2) is 85.1 Å². The molecule has 0 bridgehead atoms. The van der Waals surface area contributed by atoms with E-state index in [4.69, 9.17) is 17.2 Å². The minimum Gasteiger partial charge on any atom is -0.508 e. The monoisotopic (exact) mass is 1720 g/mol. The molecule has 0 saturated carbocycles. The molecular weight excluding hydrogens is 1590 g/mol. The first-order chi connectivity index (χ1) is 58.3. The van der Waals surface area contributed by atoms with Crippen molar-refractivity contribution in [2.24, 2.45) is 46.8 Å². The molecule has 0 spiro atoms. The number of H-pyrrole nitrogens is 1. The van der Waals surface area contributed by atoms with E-state index in [0.717, 1.165) is 4.90 Å². The van der Waals surface area contributed by atoms with Crippen LogP contribution in [0, 0.1) is 29.6 Å². The van der Waals surface area contributed by atoms with Crippen LogP contribution in [0.5, 0.6) is 5.75 Å². The van der Waals surface area contributed by atoms with Crippen molar-refractivity contribution >= 4 is 106 Å². The van der Waals surface area contributed by atoms with Crippen molar-refractivity contribution in [3.05, 3.63) is 102 Å². The molecule has 14 amide bonds. The predicted molar refractivity (Wildman–Crippen MR) is 458 cm³/mol. The Labute approximate surface area is 717 Å². The molecule has 1 aromatic heterocycles. The number of carbonyl (C=O) groups is 16. The standard InChI is InChI=1S/C86H130N18O19/c1-13-48(8)70(82(118)93-52(12)86(122)123)102-81(117)69(47(6)7)100-76(112)61(31-22-24-38-88)94-73(109)51(11)92-79(115)65-32-25-39-104(65)85(121)64(43-67(107)108)98-78(114)63(42-55-44-90-59-29-20-19-28-57(55)59)96-77(113)62(41-53-26-17-16-18-27-53)97-80(116)68(46(4)5)99-66(106)45-91-75(111)60(30-21-23-37-87)95-83(119)71(49(9)14-2)103-84(120)72(50(10)15-3)101-74(110)58(89)40-54-33-35-56(105)36-34-54/h16-20,26-29,33-36,44,46-52,58,60-65,68-72,90,105H,13-15,21-25,30-32,37-43,45,87-89H2,1-12H3,(H,91,111)(H,92,115)(H,93,118)(H,94,109)(H,95,119)(H,96,113)(H,97,116)(H,98,114)(H,99,106)(H,100,112)(H,101,110)(H,102,117)(H,103,120)(H,107,108)(H,122,123)/t48?,49?,50?,51-,52-,58-,60-,61-,62-,63-,64-,65-,68-,69-,70-,71-,72-/m0/s1. The number of nitrogens with two attached hydrogens (primary N) is 3. The molecule has 2 heterocycles. The summed E-state index contributed by atoms with van der Waals surface area (Å²) in [7, 11) is 0. The molecule has 23 N–H and O–H groups in total. The first-order valence-electron chi connectivity index (χ1n) is 42.5. The summed E-state index contributed by atoms with van der Waals surface area (Å²) >= 11 is 0. The highest BCUT2D eigenvalue weighted by atomic mass is 16.4. The zero-order valence-corrected chi connectivity index (χ0v) is 72.5. The van der Waals surface area contributed by atoms with Crippen molar-refractivity contribution in [1.82, 2.24) is 79.0 Å². The maximum absolute atomic E-state index is 15.1. The number of hydrogen-bond acceptors (Lipinski definition) is 20. The number of carboxylic acid groups (broad SMARTS) is 2. The molecule has 0 aliphatic carbocycles. The number of nitrogens with one attached hydrogen (secondary N) is 14. The lowest BCUT2D eigenvalue weighted by Crippen LogP contribution is -2.61. The third kappa shape index (κ3) is 32.0. The summed E-state index contributed by atoms with van der Waals surface area (Å²) in [4.78, 5) is 228. The van der Waals surface area contributed by atoms with Gasteiger partial charge in [-0.05, 0) is 149 Å². The van der Waals surface area contributed by atoms with Gasteiger partial charge in [-0.25, -0.2) is 0 Å². The highest BCUT2D eigenvalue weighted by Crippen LogP contribution is 2.24. The third-order valence-corrected chi connectivity index (χ3v) is 22.2. The number of carboxylic acids is 2. The molecule has 123 heavy (non-hydrogen) atoms. The van der Waals surface area contributed by atoms with E-state index in [0.29, 0.717) is 72.5 Å². The summed E-state index contributed by atoms with van der Waals surface area (Å²) in [6.45, 7) is 19.3. The summed E-state index contributed by atoms with van der Waals surface area (Å²) in [5.41, 5.74) is 20.2. The maximum atomic E-state index is 15.1. The van der Waals surface area contributed by atoms with E-state index in [9.17, 15) is 82.4 Å². The number of unbranched alkanes of at least 4 members (excludes halogenated alkanes) is 2. The molecule has 1 aliphatic heterocycles. The number of amides is 14. The first kappa shape index (κ1) is 102. The third-order valence-electron chi connectivity index (χ3n) is 22.2. The Morgan fingerprint density at radius 1 is 0.455 bits per heavy atom. The van der Waals surface area contributed by atoms with Gasteiger partial charge in [-0.15, -0.1) is 0 Å². The van der Waals surface area contributed by atoms with Crippen LogP contribution in [0.3, 0.4) is 0 Å². The van der Waals surface area contributed by atoms with E-state index in [-0.39, 0.29) is 70.3 Å². The van der Waals surface area contributed by atoms with Crippen molar-refractivity contribution in [1.29, 1.82) is 0 Å². The van der Waals surface area contributed by atoms with Gasteiger partial charge >= 0.3 is 11.9 Å². The van der Waals surface area contributed by atoms with Crippen LogP contribution in [0.1, 0.15) is 177 Å². The largest absolute Gasteiger partial charge is 0.508 e. The molecule has 1 aliphatic rings. The summed E-state index contributed by atoms with van der Waals surface area (Å²) in [5.74, 6) is -17.1. The lowest BCUT2D eigenvalue weighted by molar-refractivity contribution is -0.146. The minimum absolute atomic E-state index is 0.0167. The predicted octanol–water partition coefficient (Wildman–Crippen LogP) is 0.461.